The maximum atomic E-state index is 7.00. The zero-order chi connectivity index (χ0) is 37.2. The van der Waals surface area contributed by atoms with Crippen LogP contribution in [0.3, 0.4) is 0 Å². The van der Waals surface area contributed by atoms with Crippen molar-refractivity contribution in [2.75, 3.05) is 18.5 Å². The number of fused-ring (bicyclic) bond motifs is 8. The van der Waals surface area contributed by atoms with Gasteiger partial charge in [0.1, 0.15) is 16.9 Å². The lowest BCUT2D eigenvalue weighted by molar-refractivity contribution is 0.484. The van der Waals surface area contributed by atoms with Gasteiger partial charge < -0.3 is 18.6 Å². The molecule has 11 rings (SSSR count). The van der Waals surface area contributed by atoms with Crippen molar-refractivity contribution in [1.82, 2.24) is 4.90 Å². The van der Waals surface area contributed by atoms with Crippen molar-refractivity contribution < 1.29 is 8.83 Å². The summed E-state index contributed by atoms with van der Waals surface area (Å²) in [5.41, 5.74) is 14.3. The summed E-state index contributed by atoms with van der Waals surface area (Å²) in [7, 11) is 2.21. The Labute approximate surface area is 325 Å². The second-order valence-electron chi connectivity index (χ2n) is 14.8. The summed E-state index contributed by atoms with van der Waals surface area (Å²) in [6.07, 6.45) is 8.82. The highest BCUT2D eigenvalue weighted by Crippen LogP contribution is 2.48. The fraction of sp³-hybridized carbons (Fsp3) is 0.0769. The van der Waals surface area contributed by atoms with Crippen LogP contribution in [0.15, 0.2) is 190 Å². The van der Waals surface area contributed by atoms with Gasteiger partial charge in [-0.05, 0) is 82.4 Å². The molecule has 0 fully saturated rings. The number of likely N-dealkylation sites (N-methyl/N-ethyl adjacent to an activating group) is 1. The maximum Gasteiger partial charge on any atom is 0.159 e. The third-order valence-electron chi connectivity index (χ3n) is 11.5. The highest BCUT2D eigenvalue weighted by atomic mass is 16.3. The molecule has 2 aliphatic rings. The van der Waals surface area contributed by atoms with E-state index in [0.717, 1.165) is 80.9 Å². The average Bonchev–Trinajstić information content (AvgIpc) is 3.85. The minimum absolute atomic E-state index is 0.849. The van der Waals surface area contributed by atoms with Crippen LogP contribution in [-0.2, 0) is 6.42 Å². The van der Waals surface area contributed by atoms with Crippen LogP contribution in [-0.4, -0.2) is 18.5 Å². The van der Waals surface area contributed by atoms with Crippen LogP contribution in [0.1, 0.15) is 23.3 Å². The Balaban J connectivity index is 1.04. The Morgan fingerprint density at radius 3 is 2.12 bits per heavy atom. The summed E-state index contributed by atoms with van der Waals surface area (Å²) in [5.74, 6) is 1.06. The molecule has 9 aromatic rings. The first-order valence-electron chi connectivity index (χ1n) is 19.4. The number of furan rings is 2. The highest BCUT2D eigenvalue weighted by Gasteiger charge is 2.29. The Morgan fingerprint density at radius 2 is 1.30 bits per heavy atom. The first kappa shape index (κ1) is 32.4. The second-order valence-corrected chi connectivity index (χ2v) is 14.8. The summed E-state index contributed by atoms with van der Waals surface area (Å²) in [4.78, 5) is 4.68. The molecule has 56 heavy (non-hydrogen) atoms. The molecule has 0 unspecified atom stereocenters. The number of aryl methyl sites for hydroxylation is 1. The molecular weight excluding hydrogens is 685 g/mol. The van der Waals surface area contributed by atoms with Crippen molar-refractivity contribution in [2.24, 2.45) is 0 Å². The van der Waals surface area contributed by atoms with Gasteiger partial charge in [-0.1, -0.05) is 127 Å². The molecule has 0 atom stereocenters. The van der Waals surface area contributed by atoms with Crippen LogP contribution < -0.4 is 4.90 Å². The van der Waals surface area contributed by atoms with E-state index in [9.17, 15) is 0 Å². The van der Waals surface area contributed by atoms with E-state index in [2.05, 4.69) is 181 Å². The SMILES string of the molecule is CN1CC(c2ccccc2)=CC=C1C1=CCCc2oc3c(-c4ccc(N(c5ccccc5)c5cccc6c5oc5ccccc56)cc4)cc4ccccc4c3c21. The quantitative estimate of drug-likeness (QED) is 0.171. The Morgan fingerprint density at radius 1 is 0.589 bits per heavy atom. The van der Waals surface area contributed by atoms with Crippen molar-refractivity contribution >= 4 is 71.9 Å². The van der Waals surface area contributed by atoms with Crippen LogP contribution in [0.4, 0.5) is 17.1 Å². The lowest BCUT2D eigenvalue weighted by Crippen LogP contribution is -2.24. The maximum absolute atomic E-state index is 7.00. The van der Waals surface area contributed by atoms with E-state index in [0.29, 0.717) is 0 Å². The van der Waals surface area contributed by atoms with Crippen LogP contribution in [0.5, 0.6) is 0 Å². The molecule has 0 N–H and O–H groups in total. The van der Waals surface area contributed by atoms with E-state index < -0.39 is 0 Å². The second kappa shape index (κ2) is 13.1. The molecule has 4 nitrogen and oxygen atoms in total. The minimum Gasteiger partial charge on any atom is -0.460 e. The van der Waals surface area contributed by atoms with Gasteiger partial charge in [0.2, 0.25) is 0 Å². The van der Waals surface area contributed by atoms with Gasteiger partial charge in [0.15, 0.2) is 5.58 Å². The molecule has 268 valence electrons. The molecule has 2 aromatic heterocycles. The van der Waals surface area contributed by atoms with E-state index in [1.54, 1.807) is 0 Å². The summed E-state index contributed by atoms with van der Waals surface area (Å²) in [5, 5.41) is 5.83. The number of hydrogen-bond donors (Lipinski definition) is 0. The van der Waals surface area contributed by atoms with Gasteiger partial charge in [-0.2, -0.15) is 0 Å². The highest BCUT2D eigenvalue weighted by molar-refractivity contribution is 6.17. The van der Waals surface area contributed by atoms with E-state index >= 15 is 0 Å². The third kappa shape index (κ3) is 5.21. The number of hydrogen-bond acceptors (Lipinski definition) is 4. The summed E-state index contributed by atoms with van der Waals surface area (Å²) >= 11 is 0. The summed E-state index contributed by atoms with van der Waals surface area (Å²) < 4.78 is 13.5. The normalized spacial score (nSPS) is 14.2. The van der Waals surface area contributed by atoms with Crippen molar-refractivity contribution in [1.29, 1.82) is 0 Å². The van der Waals surface area contributed by atoms with Crippen LogP contribution in [0, 0.1) is 0 Å². The number of benzene rings is 7. The molecule has 1 aliphatic heterocycles. The molecule has 4 heteroatoms. The Kier molecular flexibility index (Phi) is 7.56. The molecule has 0 saturated heterocycles. The Hall–Kier alpha value is -7.04. The topological polar surface area (TPSA) is 32.8 Å². The number of rotatable bonds is 6. The van der Waals surface area contributed by atoms with E-state index in [1.165, 1.54) is 44.1 Å². The van der Waals surface area contributed by atoms with Gasteiger partial charge in [0.05, 0.1) is 5.69 Å². The van der Waals surface area contributed by atoms with Crippen LogP contribution in [0.25, 0.3) is 66.0 Å². The molecule has 0 spiro atoms. The first-order valence-corrected chi connectivity index (χ1v) is 19.4. The first-order chi connectivity index (χ1) is 27.7. The predicted octanol–water partition coefficient (Wildman–Crippen LogP) is 13.9. The lowest BCUT2D eigenvalue weighted by Gasteiger charge is -2.30. The fourth-order valence-electron chi connectivity index (χ4n) is 8.89. The smallest absolute Gasteiger partial charge is 0.159 e. The van der Waals surface area contributed by atoms with Crippen LogP contribution >= 0.6 is 0 Å². The molecule has 0 radical (unpaired) electrons. The monoisotopic (exact) mass is 722 g/mol. The van der Waals surface area contributed by atoms with Crippen molar-refractivity contribution in [3.63, 3.8) is 0 Å². The summed E-state index contributed by atoms with van der Waals surface area (Å²) in [6, 6.07) is 55.9. The van der Waals surface area contributed by atoms with E-state index in [-0.39, 0.29) is 0 Å². The zero-order valence-corrected chi connectivity index (χ0v) is 31.1. The fourth-order valence-corrected chi connectivity index (χ4v) is 8.89. The van der Waals surface area contributed by atoms with Gasteiger partial charge in [-0.25, -0.2) is 0 Å². The van der Waals surface area contributed by atoms with E-state index in [1.807, 2.05) is 12.1 Å². The van der Waals surface area contributed by atoms with Crippen molar-refractivity contribution in [3.05, 3.63) is 199 Å². The van der Waals surface area contributed by atoms with E-state index in [4.69, 9.17) is 8.83 Å². The molecule has 1 aliphatic carbocycles. The molecule has 0 saturated carbocycles. The molecule has 0 bridgehead atoms. The number of anilines is 3. The van der Waals surface area contributed by atoms with Gasteiger partial charge in [0.25, 0.3) is 0 Å². The molecule has 0 amide bonds. The molecular formula is C52H38N2O2. The minimum atomic E-state index is 0.849. The zero-order valence-electron chi connectivity index (χ0n) is 31.1. The van der Waals surface area contributed by atoms with Crippen LogP contribution in [0.2, 0.25) is 0 Å². The standard InChI is InChI=1S/C52H38N2O2/c1-53-33-37(34-14-4-2-5-15-34)28-31-45(53)43-22-13-25-48-49(43)50-40-19-9-8-16-36(40)32-44(52(50)56-48)35-26-29-39(30-27-35)54(38-17-6-3-7-18-38)46-23-12-21-42-41-20-10-11-24-47(41)55-51(42)46/h2-12,14-24,26-32H,13,25,33H2,1H3. The van der Waals surface area contributed by atoms with Crippen molar-refractivity contribution in [2.45, 2.75) is 12.8 Å². The van der Waals surface area contributed by atoms with Gasteiger partial charge in [-0.15, -0.1) is 0 Å². The number of para-hydroxylation sites is 3. The van der Waals surface area contributed by atoms with Gasteiger partial charge in [0, 0.05) is 69.9 Å². The Bertz CT molecular complexity index is 3050. The number of nitrogens with zero attached hydrogens (tertiary/aromatic N) is 2. The van der Waals surface area contributed by atoms with Gasteiger partial charge >= 0.3 is 0 Å². The lowest BCUT2D eigenvalue weighted by atomic mass is 9.87. The van der Waals surface area contributed by atoms with Gasteiger partial charge in [-0.3, -0.25) is 0 Å². The largest absolute Gasteiger partial charge is 0.460 e. The van der Waals surface area contributed by atoms with Crippen molar-refractivity contribution in [3.8, 4) is 11.1 Å². The third-order valence-corrected chi connectivity index (χ3v) is 11.5. The average molecular weight is 723 g/mol. The summed E-state index contributed by atoms with van der Waals surface area (Å²) in [6.45, 7) is 0.849. The predicted molar refractivity (Wildman–Crippen MR) is 233 cm³/mol. The number of allylic oxidation sites excluding steroid dienone is 4. The molecule has 7 aromatic carbocycles. The molecule has 3 heterocycles.